The van der Waals surface area contributed by atoms with Crippen LogP contribution < -0.4 is 10.9 Å². The zero-order valence-electron chi connectivity index (χ0n) is 13.8. The summed E-state index contributed by atoms with van der Waals surface area (Å²) >= 11 is 6.03. The van der Waals surface area contributed by atoms with E-state index in [1.165, 1.54) is 0 Å². The van der Waals surface area contributed by atoms with Gasteiger partial charge in [-0.1, -0.05) is 43.1 Å². The lowest BCUT2D eigenvalue weighted by molar-refractivity contribution is 0.0364. The van der Waals surface area contributed by atoms with Gasteiger partial charge in [-0.3, -0.25) is 15.6 Å². The first-order chi connectivity index (χ1) is 12.1. The van der Waals surface area contributed by atoms with E-state index in [2.05, 4.69) is 17.8 Å². The van der Waals surface area contributed by atoms with E-state index in [1.807, 2.05) is 6.07 Å². The summed E-state index contributed by atoms with van der Waals surface area (Å²) in [6.45, 7) is 2.09. The molecule has 2 N–H and O–H groups in total. The van der Waals surface area contributed by atoms with Crippen LogP contribution in [0.4, 0.5) is 5.69 Å². The normalized spacial score (nSPS) is 15.4. The van der Waals surface area contributed by atoms with Gasteiger partial charge in [0.1, 0.15) is 6.10 Å². The van der Waals surface area contributed by atoms with E-state index < -0.39 is 0 Å². The number of hydrazine groups is 1. The lowest BCUT2D eigenvalue weighted by Crippen LogP contribution is -2.29. The van der Waals surface area contributed by atoms with Crippen LogP contribution >= 0.6 is 11.6 Å². The average Bonchev–Trinajstić information content (AvgIpc) is 2.94. The van der Waals surface area contributed by atoms with Crippen LogP contribution in [-0.4, -0.2) is 11.9 Å². The number of halogens is 1. The van der Waals surface area contributed by atoms with E-state index in [9.17, 15) is 9.59 Å². The molecule has 0 spiro atoms. The SMILES string of the molecule is CCCCC1OC(=O)c2cc(C(=O)NNc3ccccc3Cl)ccc21. The maximum Gasteiger partial charge on any atom is 0.339 e. The number of hydrogen-bond acceptors (Lipinski definition) is 4. The Kier molecular flexibility index (Phi) is 5.24. The first kappa shape index (κ1) is 17.3. The Morgan fingerprint density at radius 1 is 1.24 bits per heavy atom. The monoisotopic (exact) mass is 358 g/mol. The number of unbranched alkanes of at least 4 members (excludes halogenated alkanes) is 1. The number of anilines is 1. The molecule has 25 heavy (non-hydrogen) atoms. The molecule has 5 nitrogen and oxygen atoms in total. The van der Waals surface area contributed by atoms with Gasteiger partial charge in [-0.25, -0.2) is 4.79 Å². The predicted molar refractivity (Wildman–Crippen MR) is 96.7 cm³/mol. The Balaban J connectivity index is 1.71. The highest BCUT2D eigenvalue weighted by Gasteiger charge is 2.31. The number of nitrogens with one attached hydrogen (secondary N) is 2. The van der Waals surface area contributed by atoms with E-state index in [0.29, 0.717) is 21.8 Å². The number of para-hydroxylation sites is 1. The van der Waals surface area contributed by atoms with Gasteiger partial charge in [0.25, 0.3) is 5.91 Å². The number of amides is 1. The van der Waals surface area contributed by atoms with Crippen molar-refractivity contribution in [2.45, 2.75) is 32.3 Å². The van der Waals surface area contributed by atoms with E-state index in [1.54, 1.807) is 36.4 Å². The minimum atomic E-state index is -0.371. The van der Waals surface area contributed by atoms with E-state index >= 15 is 0 Å². The number of carbonyl (C=O) groups is 2. The minimum absolute atomic E-state index is 0.208. The molecule has 1 amide bonds. The third kappa shape index (κ3) is 3.77. The maximum atomic E-state index is 12.3. The van der Waals surface area contributed by atoms with E-state index in [0.717, 1.165) is 24.8 Å². The zero-order chi connectivity index (χ0) is 17.8. The molecule has 0 aliphatic carbocycles. The van der Waals surface area contributed by atoms with Crippen molar-refractivity contribution < 1.29 is 14.3 Å². The molecule has 1 atom stereocenters. The zero-order valence-corrected chi connectivity index (χ0v) is 14.6. The van der Waals surface area contributed by atoms with Crippen LogP contribution in [0.5, 0.6) is 0 Å². The van der Waals surface area contributed by atoms with Crippen molar-refractivity contribution in [1.82, 2.24) is 5.43 Å². The summed E-state index contributed by atoms with van der Waals surface area (Å²) in [6, 6.07) is 12.2. The Morgan fingerprint density at radius 3 is 2.80 bits per heavy atom. The molecule has 130 valence electrons. The lowest BCUT2D eigenvalue weighted by Gasteiger charge is -2.11. The number of rotatable bonds is 6. The van der Waals surface area contributed by atoms with Crippen LogP contribution in [0.15, 0.2) is 42.5 Å². The highest BCUT2D eigenvalue weighted by molar-refractivity contribution is 6.33. The van der Waals surface area contributed by atoms with Crippen molar-refractivity contribution >= 4 is 29.2 Å². The van der Waals surface area contributed by atoms with Crippen LogP contribution in [-0.2, 0) is 4.74 Å². The summed E-state index contributed by atoms with van der Waals surface area (Å²) in [4.78, 5) is 24.4. The molecular formula is C19H19ClN2O3. The van der Waals surface area contributed by atoms with Gasteiger partial charge < -0.3 is 4.74 Å². The van der Waals surface area contributed by atoms with Gasteiger partial charge in [0.2, 0.25) is 0 Å². The Labute approximate surface area is 151 Å². The lowest BCUT2D eigenvalue weighted by atomic mass is 9.99. The smallest absolute Gasteiger partial charge is 0.339 e. The van der Waals surface area contributed by atoms with Crippen molar-refractivity contribution in [3.8, 4) is 0 Å². The number of hydrogen-bond donors (Lipinski definition) is 2. The van der Waals surface area contributed by atoms with Crippen LogP contribution in [0.1, 0.15) is 58.6 Å². The second kappa shape index (κ2) is 7.57. The van der Waals surface area contributed by atoms with Gasteiger partial charge in [-0.15, -0.1) is 0 Å². The molecule has 2 aromatic carbocycles. The van der Waals surface area contributed by atoms with Crippen LogP contribution in [0.3, 0.4) is 0 Å². The van der Waals surface area contributed by atoms with Crippen molar-refractivity contribution in [2.75, 3.05) is 5.43 Å². The minimum Gasteiger partial charge on any atom is -0.454 e. The fourth-order valence-electron chi connectivity index (χ4n) is 2.77. The summed E-state index contributed by atoms with van der Waals surface area (Å²) in [5.41, 5.74) is 7.66. The van der Waals surface area contributed by atoms with Crippen molar-refractivity contribution in [2.24, 2.45) is 0 Å². The molecule has 3 rings (SSSR count). The molecule has 2 aromatic rings. The maximum absolute atomic E-state index is 12.3. The number of cyclic esters (lactones) is 1. The highest BCUT2D eigenvalue weighted by atomic mass is 35.5. The number of carbonyl (C=O) groups excluding carboxylic acids is 2. The number of ether oxygens (including phenoxy) is 1. The fraction of sp³-hybridized carbons (Fsp3) is 0.263. The van der Waals surface area contributed by atoms with Gasteiger partial charge in [0.05, 0.1) is 16.3 Å². The summed E-state index contributed by atoms with van der Waals surface area (Å²) in [7, 11) is 0. The van der Waals surface area contributed by atoms with Crippen LogP contribution in [0.25, 0.3) is 0 Å². The molecule has 1 aliphatic heterocycles. The second-order valence-corrected chi connectivity index (χ2v) is 6.30. The standard InChI is InChI=1S/C19H19ClN2O3/c1-2-3-8-17-13-10-9-12(11-14(13)19(24)25-17)18(23)22-21-16-7-5-4-6-15(16)20/h4-7,9-11,17,21H,2-3,8H2,1H3,(H,22,23). The molecule has 1 aliphatic rings. The molecule has 0 radical (unpaired) electrons. The largest absolute Gasteiger partial charge is 0.454 e. The summed E-state index contributed by atoms with van der Waals surface area (Å²) in [5, 5.41) is 0.499. The van der Waals surface area contributed by atoms with Crippen molar-refractivity contribution in [1.29, 1.82) is 0 Å². The topological polar surface area (TPSA) is 67.4 Å². The third-order valence-electron chi connectivity index (χ3n) is 4.14. The molecule has 0 aromatic heterocycles. The summed E-state index contributed by atoms with van der Waals surface area (Å²) in [6.07, 6.45) is 2.62. The third-order valence-corrected chi connectivity index (χ3v) is 4.47. The van der Waals surface area contributed by atoms with Crippen molar-refractivity contribution in [3.05, 3.63) is 64.2 Å². The van der Waals surface area contributed by atoms with Gasteiger partial charge in [-0.2, -0.15) is 0 Å². The Bertz CT molecular complexity index is 807. The van der Waals surface area contributed by atoms with Crippen LogP contribution in [0.2, 0.25) is 5.02 Å². The van der Waals surface area contributed by atoms with Gasteiger partial charge in [-0.05, 0) is 37.1 Å². The number of benzene rings is 2. The predicted octanol–water partition coefficient (Wildman–Crippen LogP) is 4.50. The quantitative estimate of drug-likeness (QED) is 0.589. The molecule has 6 heteroatoms. The number of fused-ring (bicyclic) bond motifs is 1. The molecule has 1 heterocycles. The first-order valence-corrected chi connectivity index (χ1v) is 8.63. The van der Waals surface area contributed by atoms with Gasteiger partial charge in [0.15, 0.2) is 0 Å². The van der Waals surface area contributed by atoms with E-state index in [4.69, 9.17) is 16.3 Å². The Hall–Kier alpha value is -2.53. The van der Waals surface area contributed by atoms with Crippen molar-refractivity contribution in [3.63, 3.8) is 0 Å². The molecule has 0 fully saturated rings. The molecule has 0 saturated heterocycles. The summed E-state index contributed by atoms with van der Waals surface area (Å²) in [5.74, 6) is -0.725. The number of esters is 1. The molecule has 0 saturated carbocycles. The van der Waals surface area contributed by atoms with Crippen LogP contribution in [0, 0.1) is 0 Å². The molecule has 1 unspecified atom stereocenters. The van der Waals surface area contributed by atoms with E-state index in [-0.39, 0.29) is 18.0 Å². The molecular weight excluding hydrogens is 340 g/mol. The highest BCUT2D eigenvalue weighted by Crippen LogP contribution is 2.34. The first-order valence-electron chi connectivity index (χ1n) is 8.26. The van der Waals surface area contributed by atoms with Gasteiger partial charge >= 0.3 is 5.97 Å². The second-order valence-electron chi connectivity index (χ2n) is 5.90. The molecule has 0 bridgehead atoms. The van der Waals surface area contributed by atoms with Gasteiger partial charge in [0, 0.05) is 11.1 Å². The summed E-state index contributed by atoms with van der Waals surface area (Å²) < 4.78 is 5.41. The Morgan fingerprint density at radius 2 is 2.04 bits per heavy atom. The average molecular weight is 359 g/mol. The fourth-order valence-corrected chi connectivity index (χ4v) is 2.96.